The first kappa shape index (κ1) is 19.7. The molecule has 0 bridgehead atoms. The molecule has 0 saturated carbocycles. The van der Waals surface area contributed by atoms with Crippen LogP contribution in [0.25, 0.3) is 0 Å². The van der Waals surface area contributed by atoms with E-state index in [9.17, 15) is 28.1 Å². The highest BCUT2D eigenvalue weighted by molar-refractivity contribution is 5.95. The Hall–Kier alpha value is -3.04. The van der Waals surface area contributed by atoms with Crippen LogP contribution in [0, 0.1) is 17.0 Å². The minimum Gasteiger partial charge on any atom is -0.469 e. The average molecular weight is 397 g/mol. The van der Waals surface area contributed by atoms with Gasteiger partial charge in [0.05, 0.1) is 22.3 Å². The Kier molecular flexibility index (Phi) is 5.30. The fraction of sp³-hybridized carbons (Fsp3) is 0.389. The van der Waals surface area contributed by atoms with Crippen LogP contribution in [-0.4, -0.2) is 34.9 Å². The molecular weight excluding hydrogens is 379 g/mol. The minimum atomic E-state index is -4.65. The maximum atomic E-state index is 12.8. The largest absolute Gasteiger partial charge is 0.469 e. The van der Waals surface area contributed by atoms with E-state index in [1.165, 1.54) is 6.26 Å². The zero-order valence-electron chi connectivity index (χ0n) is 15.0. The molecule has 1 N–H and O–H groups in total. The standard InChI is InChI=1S/C18H18F3N3O4/c1-11-14(6-9-28-11)17(25)23-7-4-13(5-8-23)22-15-3-2-12(18(19,20)21)10-16(15)24(26)27/h2-3,6,9-10,13,22H,4-5,7-8H2,1H3. The molecule has 0 spiro atoms. The third-order valence-corrected chi connectivity index (χ3v) is 4.75. The topological polar surface area (TPSA) is 88.6 Å². The van der Waals surface area contributed by atoms with E-state index >= 15 is 0 Å². The number of carbonyl (C=O) groups excluding carboxylic acids is 1. The number of nitro groups is 1. The molecule has 3 rings (SSSR count). The highest BCUT2D eigenvalue weighted by Gasteiger charge is 2.33. The molecule has 0 unspecified atom stereocenters. The third-order valence-electron chi connectivity index (χ3n) is 4.75. The summed E-state index contributed by atoms with van der Waals surface area (Å²) >= 11 is 0. The van der Waals surface area contributed by atoms with E-state index in [1.54, 1.807) is 17.9 Å². The number of nitro benzene ring substituents is 1. The van der Waals surface area contributed by atoms with Gasteiger partial charge in [-0.25, -0.2) is 0 Å². The number of nitrogens with one attached hydrogen (secondary N) is 1. The first-order valence-electron chi connectivity index (χ1n) is 8.62. The number of rotatable bonds is 4. The molecule has 7 nitrogen and oxygen atoms in total. The molecule has 1 aromatic carbocycles. The summed E-state index contributed by atoms with van der Waals surface area (Å²) in [6, 6.07) is 3.84. The first-order valence-corrected chi connectivity index (χ1v) is 8.62. The number of likely N-dealkylation sites (tertiary alicyclic amines) is 1. The van der Waals surface area contributed by atoms with Crippen molar-refractivity contribution in [3.8, 4) is 0 Å². The lowest BCUT2D eigenvalue weighted by Crippen LogP contribution is -2.42. The summed E-state index contributed by atoms with van der Waals surface area (Å²) in [6.07, 6.45) is -2.18. The number of furan rings is 1. The molecule has 1 fully saturated rings. The van der Waals surface area contributed by atoms with E-state index in [0.29, 0.717) is 43.3 Å². The van der Waals surface area contributed by atoms with E-state index in [-0.39, 0.29) is 17.6 Å². The summed E-state index contributed by atoms with van der Waals surface area (Å²) < 4.78 is 43.5. The first-order chi connectivity index (χ1) is 13.2. The number of amides is 1. The molecule has 0 atom stereocenters. The average Bonchev–Trinajstić information content (AvgIpc) is 3.07. The number of piperidine rings is 1. The lowest BCUT2D eigenvalue weighted by molar-refractivity contribution is -0.384. The highest BCUT2D eigenvalue weighted by Crippen LogP contribution is 2.35. The Balaban J connectivity index is 1.67. The zero-order chi connectivity index (χ0) is 20.5. The van der Waals surface area contributed by atoms with Gasteiger partial charge in [-0.1, -0.05) is 0 Å². The van der Waals surface area contributed by atoms with Crippen molar-refractivity contribution < 1.29 is 27.3 Å². The molecule has 1 aliphatic rings. The predicted molar refractivity (Wildman–Crippen MR) is 94.1 cm³/mol. The Bertz CT molecular complexity index is 886. The van der Waals surface area contributed by atoms with Gasteiger partial charge in [-0.15, -0.1) is 0 Å². The molecular formula is C18H18F3N3O4. The Morgan fingerprint density at radius 1 is 1.29 bits per heavy atom. The Labute approximate surface area is 158 Å². The van der Waals surface area contributed by atoms with Crippen molar-refractivity contribution in [1.82, 2.24) is 4.90 Å². The van der Waals surface area contributed by atoms with Crippen molar-refractivity contribution in [2.45, 2.75) is 32.0 Å². The van der Waals surface area contributed by atoms with Crippen molar-refractivity contribution in [2.75, 3.05) is 18.4 Å². The van der Waals surface area contributed by atoms with Gasteiger partial charge in [-0.3, -0.25) is 14.9 Å². The van der Waals surface area contributed by atoms with Gasteiger partial charge in [0, 0.05) is 25.2 Å². The molecule has 1 amide bonds. The van der Waals surface area contributed by atoms with Crippen molar-refractivity contribution in [1.29, 1.82) is 0 Å². The maximum absolute atomic E-state index is 12.8. The lowest BCUT2D eigenvalue weighted by Gasteiger charge is -2.32. The number of anilines is 1. The summed E-state index contributed by atoms with van der Waals surface area (Å²) in [5, 5.41) is 14.1. The minimum absolute atomic E-state index is 0.0356. The van der Waals surface area contributed by atoms with Gasteiger partial charge in [0.15, 0.2) is 0 Å². The van der Waals surface area contributed by atoms with E-state index in [1.807, 2.05) is 0 Å². The number of carbonyl (C=O) groups is 1. The molecule has 1 saturated heterocycles. The van der Waals surface area contributed by atoms with Crippen molar-refractivity contribution in [2.24, 2.45) is 0 Å². The van der Waals surface area contributed by atoms with Crippen LogP contribution in [0.1, 0.15) is 34.5 Å². The number of benzene rings is 1. The van der Waals surface area contributed by atoms with Gasteiger partial charge in [0.2, 0.25) is 0 Å². The van der Waals surface area contributed by atoms with Crippen molar-refractivity contribution in [3.05, 3.63) is 57.5 Å². The van der Waals surface area contributed by atoms with Crippen molar-refractivity contribution >= 4 is 17.3 Å². The van der Waals surface area contributed by atoms with Crippen LogP contribution in [0.4, 0.5) is 24.5 Å². The monoisotopic (exact) mass is 397 g/mol. The molecule has 0 radical (unpaired) electrons. The van der Waals surface area contributed by atoms with Crippen LogP contribution in [0.15, 0.2) is 34.9 Å². The third kappa shape index (κ3) is 4.10. The van der Waals surface area contributed by atoms with E-state index in [0.717, 1.165) is 12.1 Å². The fourth-order valence-electron chi connectivity index (χ4n) is 3.21. The molecule has 28 heavy (non-hydrogen) atoms. The summed E-state index contributed by atoms with van der Waals surface area (Å²) in [6.45, 7) is 2.55. The van der Waals surface area contributed by atoms with E-state index in [4.69, 9.17) is 4.42 Å². The van der Waals surface area contributed by atoms with Crippen LogP contribution in [0.3, 0.4) is 0 Å². The van der Waals surface area contributed by atoms with Crippen LogP contribution < -0.4 is 5.32 Å². The Morgan fingerprint density at radius 3 is 2.50 bits per heavy atom. The van der Waals surface area contributed by atoms with Gasteiger partial charge < -0.3 is 14.6 Å². The SMILES string of the molecule is Cc1occc1C(=O)N1CCC(Nc2ccc(C(F)(F)F)cc2[N+](=O)[O-])CC1. The van der Waals surface area contributed by atoms with Crippen molar-refractivity contribution in [3.63, 3.8) is 0 Å². The smallest absolute Gasteiger partial charge is 0.416 e. The Morgan fingerprint density at radius 2 is 1.96 bits per heavy atom. The molecule has 2 aromatic rings. The quantitative estimate of drug-likeness (QED) is 0.616. The van der Waals surface area contributed by atoms with Crippen LogP contribution >= 0.6 is 0 Å². The second-order valence-electron chi connectivity index (χ2n) is 6.59. The van der Waals surface area contributed by atoms with Gasteiger partial charge in [-0.05, 0) is 38.0 Å². The van der Waals surface area contributed by atoms with Gasteiger partial charge >= 0.3 is 6.18 Å². The number of alkyl halides is 3. The number of hydrogen-bond acceptors (Lipinski definition) is 5. The molecule has 1 aliphatic heterocycles. The van der Waals surface area contributed by atoms with Gasteiger partial charge in [0.1, 0.15) is 11.4 Å². The molecule has 2 heterocycles. The predicted octanol–water partition coefficient (Wildman–Crippen LogP) is 4.23. The van der Waals surface area contributed by atoms with E-state index < -0.39 is 22.4 Å². The van der Waals surface area contributed by atoms with Crippen LogP contribution in [0.5, 0.6) is 0 Å². The lowest BCUT2D eigenvalue weighted by atomic mass is 10.0. The second kappa shape index (κ2) is 7.53. The molecule has 1 aromatic heterocycles. The number of aryl methyl sites for hydroxylation is 1. The molecule has 10 heteroatoms. The number of hydrogen-bond donors (Lipinski definition) is 1. The number of nitrogens with zero attached hydrogens (tertiary/aromatic N) is 2. The van der Waals surface area contributed by atoms with Gasteiger partial charge in [-0.2, -0.15) is 13.2 Å². The fourth-order valence-corrected chi connectivity index (χ4v) is 3.21. The van der Waals surface area contributed by atoms with E-state index in [2.05, 4.69) is 5.32 Å². The zero-order valence-corrected chi connectivity index (χ0v) is 15.0. The summed E-state index contributed by atoms with van der Waals surface area (Å²) in [5.41, 5.74) is -1.17. The highest BCUT2D eigenvalue weighted by atomic mass is 19.4. The molecule has 0 aliphatic carbocycles. The van der Waals surface area contributed by atoms with Gasteiger partial charge in [0.25, 0.3) is 11.6 Å². The normalized spacial score (nSPS) is 15.5. The summed E-state index contributed by atoms with van der Waals surface area (Å²) in [7, 11) is 0. The molecule has 150 valence electrons. The number of halogens is 3. The van der Waals surface area contributed by atoms with Crippen LogP contribution in [0.2, 0.25) is 0 Å². The summed E-state index contributed by atoms with van der Waals surface area (Å²) in [4.78, 5) is 24.5. The second-order valence-corrected chi connectivity index (χ2v) is 6.59. The maximum Gasteiger partial charge on any atom is 0.416 e. The van der Waals surface area contributed by atoms with Crippen LogP contribution in [-0.2, 0) is 6.18 Å². The summed E-state index contributed by atoms with van der Waals surface area (Å²) in [5.74, 6) is 0.385.